The van der Waals surface area contributed by atoms with E-state index in [1.54, 1.807) is 24.3 Å². The number of benzene rings is 2. The van der Waals surface area contributed by atoms with Crippen LogP contribution in [0.1, 0.15) is 21.5 Å². The first-order valence-electron chi connectivity index (χ1n) is 9.96. The number of esters is 1. The van der Waals surface area contributed by atoms with Gasteiger partial charge in [0.05, 0.1) is 19.4 Å². The number of thioether (sulfide) groups is 1. The smallest absolute Gasteiger partial charge is 0.328 e. The van der Waals surface area contributed by atoms with E-state index >= 15 is 0 Å². The number of hydrogen-bond acceptors (Lipinski definition) is 6. The van der Waals surface area contributed by atoms with E-state index < -0.39 is 17.9 Å². The number of rotatable bonds is 7. The molecule has 3 aromatic rings. The Labute approximate surface area is 188 Å². The Kier molecular flexibility index (Phi) is 6.27. The van der Waals surface area contributed by atoms with Crippen LogP contribution in [-0.2, 0) is 27.3 Å². The van der Waals surface area contributed by atoms with Crippen molar-refractivity contribution in [3.63, 3.8) is 0 Å². The number of amides is 3. The molecule has 1 atom stereocenters. The molecule has 2 N–H and O–H groups in total. The minimum atomic E-state index is -0.881. The van der Waals surface area contributed by atoms with Gasteiger partial charge in [0.25, 0.3) is 11.1 Å². The minimum absolute atomic E-state index is 0.0988. The number of imide groups is 1. The predicted octanol–water partition coefficient (Wildman–Crippen LogP) is 2.88. The van der Waals surface area contributed by atoms with Gasteiger partial charge in [-0.05, 0) is 29.3 Å². The van der Waals surface area contributed by atoms with Crippen molar-refractivity contribution in [2.75, 3.05) is 12.9 Å². The highest BCUT2D eigenvalue weighted by Gasteiger charge is 2.30. The molecule has 1 fully saturated rings. The summed E-state index contributed by atoms with van der Waals surface area (Å²) >= 11 is 0.964. The van der Waals surface area contributed by atoms with E-state index in [0.717, 1.165) is 33.1 Å². The molecule has 1 aliphatic heterocycles. The molecule has 164 valence electrons. The van der Waals surface area contributed by atoms with Gasteiger partial charge in [0.2, 0.25) is 5.91 Å². The van der Waals surface area contributed by atoms with Crippen molar-refractivity contribution in [1.82, 2.24) is 15.2 Å². The summed E-state index contributed by atoms with van der Waals surface area (Å²) in [7, 11) is 1.28. The molecule has 2 heterocycles. The molecule has 1 saturated heterocycles. The van der Waals surface area contributed by atoms with Gasteiger partial charge >= 0.3 is 5.97 Å². The summed E-state index contributed by atoms with van der Waals surface area (Å²) in [5.74, 6) is -1.12. The van der Waals surface area contributed by atoms with E-state index in [-0.39, 0.29) is 29.9 Å². The maximum absolute atomic E-state index is 12.9. The lowest BCUT2D eigenvalue weighted by atomic mass is 10.0. The van der Waals surface area contributed by atoms with Gasteiger partial charge in [0.15, 0.2) is 0 Å². The third-order valence-corrected chi connectivity index (χ3v) is 6.12. The second-order valence-electron chi connectivity index (χ2n) is 7.35. The van der Waals surface area contributed by atoms with E-state index in [1.807, 2.05) is 30.5 Å². The van der Waals surface area contributed by atoms with Crippen molar-refractivity contribution in [3.05, 3.63) is 71.4 Å². The Balaban J connectivity index is 1.50. The van der Waals surface area contributed by atoms with Crippen LogP contribution in [0.15, 0.2) is 54.7 Å². The molecule has 8 nitrogen and oxygen atoms in total. The Morgan fingerprint density at radius 1 is 1.19 bits per heavy atom. The van der Waals surface area contributed by atoms with E-state index in [2.05, 4.69) is 10.3 Å². The molecule has 2 aromatic carbocycles. The first-order chi connectivity index (χ1) is 15.5. The number of H-pyrrole nitrogens is 1. The van der Waals surface area contributed by atoms with Gasteiger partial charge in [-0.2, -0.15) is 0 Å². The third-order valence-electron chi connectivity index (χ3n) is 5.26. The van der Waals surface area contributed by atoms with Crippen molar-refractivity contribution in [2.24, 2.45) is 0 Å². The molecule has 1 aromatic heterocycles. The van der Waals surface area contributed by atoms with Crippen LogP contribution in [0, 0.1) is 0 Å². The van der Waals surface area contributed by atoms with Crippen molar-refractivity contribution in [2.45, 2.75) is 19.0 Å². The molecule has 9 heteroatoms. The predicted molar refractivity (Wildman–Crippen MR) is 120 cm³/mol. The van der Waals surface area contributed by atoms with Gasteiger partial charge in [0.1, 0.15) is 6.04 Å². The molecule has 3 amide bonds. The Morgan fingerprint density at radius 2 is 2.00 bits per heavy atom. The van der Waals surface area contributed by atoms with Crippen LogP contribution < -0.4 is 5.32 Å². The average molecular weight is 452 g/mol. The lowest BCUT2D eigenvalue weighted by molar-refractivity contribution is -0.142. The SMILES string of the molecule is COC(=O)C(Cc1c[nH]c2ccccc12)NC(=O)c1cccc(CN2C(=O)CSC2=O)c1. The topological polar surface area (TPSA) is 109 Å². The van der Waals surface area contributed by atoms with E-state index in [9.17, 15) is 19.2 Å². The van der Waals surface area contributed by atoms with Gasteiger partial charge in [-0.25, -0.2) is 4.79 Å². The number of aromatic amines is 1. The number of fused-ring (bicyclic) bond motifs is 1. The Morgan fingerprint density at radius 3 is 2.75 bits per heavy atom. The molecule has 0 bridgehead atoms. The summed E-state index contributed by atoms with van der Waals surface area (Å²) in [5.41, 5.74) is 2.79. The highest BCUT2D eigenvalue weighted by atomic mass is 32.2. The lowest BCUT2D eigenvalue weighted by Crippen LogP contribution is -2.43. The number of ether oxygens (including phenoxy) is 1. The summed E-state index contributed by atoms with van der Waals surface area (Å²) in [5, 5.41) is 3.42. The number of carbonyl (C=O) groups is 4. The summed E-state index contributed by atoms with van der Waals surface area (Å²) in [6.07, 6.45) is 2.07. The molecule has 1 unspecified atom stereocenters. The number of carbonyl (C=O) groups excluding carboxylic acids is 4. The third kappa shape index (κ3) is 4.52. The van der Waals surface area contributed by atoms with Crippen LogP contribution in [-0.4, -0.2) is 51.8 Å². The fourth-order valence-corrected chi connectivity index (χ4v) is 4.35. The van der Waals surface area contributed by atoms with Crippen molar-refractivity contribution < 1.29 is 23.9 Å². The Hall–Kier alpha value is -3.59. The molecule has 0 radical (unpaired) electrons. The van der Waals surface area contributed by atoms with Gasteiger partial charge in [0, 0.05) is 29.1 Å². The van der Waals surface area contributed by atoms with Crippen LogP contribution in [0.3, 0.4) is 0 Å². The fourth-order valence-electron chi connectivity index (χ4n) is 3.62. The zero-order chi connectivity index (χ0) is 22.7. The first kappa shape index (κ1) is 21.6. The number of nitrogens with one attached hydrogen (secondary N) is 2. The number of nitrogens with zero attached hydrogens (tertiary/aromatic N) is 1. The van der Waals surface area contributed by atoms with Gasteiger partial charge in [-0.15, -0.1) is 0 Å². The highest BCUT2D eigenvalue weighted by Crippen LogP contribution is 2.22. The van der Waals surface area contributed by atoms with Gasteiger partial charge < -0.3 is 15.0 Å². The monoisotopic (exact) mass is 451 g/mol. The van der Waals surface area contributed by atoms with Crippen molar-refractivity contribution in [1.29, 1.82) is 0 Å². The van der Waals surface area contributed by atoms with Crippen LogP contribution in [0.4, 0.5) is 4.79 Å². The van der Waals surface area contributed by atoms with Gasteiger partial charge in [-0.1, -0.05) is 42.1 Å². The summed E-state index contributed by atoms with van der Waals surface area (Å²) < 4.78 is 4.90. The minimum Gasteiger partial charge on any atom is -0.467 e. The summed E-state index contributed by atoms with van der Waals surface area (Å²) in [6, 6.07) is 13.5. The number of hydrogen-bond donors (Lipinski definition) is 2. The zero-order valence-electron chi connectivity index (χ0n) is 17.3. The molecule has 1 aliphatic rings. The average Bonchev–Trinajstić information content (AvgIpc) is 3.36. The number of para-hydroxylation sites is 1. The maximum atomic E-state index is 12.9. The van der Waals surface area contributed by atoms with Crippen LogP contribution in [0.2, 0.25) is 0 Å². The molecule has 32 heavy (non-hydrogen) atoms. The Bertz CT molecular complexity index is 1190. The summed E-state index contributed by atoms with van der Waals surface area (Å²) in [6.45, 7) is 0.0988. The van der Waals surface area contributed by atoms with Crippen LogP contribution >= 0.6 is 11.8 Å². The quantitative estimate of drug-likeness (QED) is 0.535. The standard InChI is InChI=1S/C23H21N3O5S/c1-31-22(29)19(10-16-11-24-18-8-3-2-7-17(16)18)25-21(28)15-6-4-5-14(9-15)12-26-20(27)13-32-23(26)30/h2-9,11,19,24H,10,12-13H2,1H3,(H,25,28). The largest absolute Gasteiger partial charge is 0.467 e. The van der Waals surface area contributed by atoms with Crippen LogP contribution in [0.5, 0.6) is 0 Å². The van der Waals surface area contributed by atoms with Crippen molar-refractivity contribution in [3.8, 4) is 0 Å². The maximum Gasteiger partial charge on any atom is 0.328 e. The van der Waals surface area contributed by atoms with E-state index in [1.165, 1.54) is 7.11 Å². The zero-order valence-corrected chi connectivity index (χ0v) is 18.1. The van der Waals surface area contributed by atoms with Gasteiger partial charge in [-0.3, -0.25) is 19.3 Å². The number of methoxy groups -OCH3 is 1. The van der Waals surface area contributed by atoms with E-state index in [4.69, 9.17) is 4.74 Å². The molecular formula is C23H21N3O5S. The fraction of sp³-hybridized carbons (Fsp3) is 0.217. The van der Waals surface area contributed by atoms with E-state index in [0.29, 0.717) is 11.1 Å². The summed E-state index contributed by atoms with van der Waals surface area (Å²) in [4.78, 5) is 53.3. The molecule has 0 saturated carbocycles. The van der Waals surface area contributed by atoms with Crippen LogP contribution in [0.25, 0.3) is 10.9 Å². The molecule has 0 spiro atoms. The molecule has 4 rings (SSSR count). The molecular weight excluding hydrogens is 430 g/mol. The second-order valence-corrected chi connectivity index (χ2v) is 8.27. The first-order valence-corrected chi connectivity index (χ1v) is 10.9. The normalized spacial score (nSPS) is 14.6. The second kappa shape index (κ2) is 9.27. The highest BCUT2D eigenvalue weighted by molar-refractivity contribution is 8.14. The molecule has 0 aliphatic carbocycles. The lowest BCUT2D eigenvalue weighted by Gasteiger charge is -2.17. The van der Waals surface area contributed by atoms with Crippen molar-refractivity contribution >= 4 is 45.7 Å². The number of aromatic nitrogens is 1.